The summed E-state index contributed by atoms with van der Waals surface area (Å²) in [5.41, 5.74) is 0.378. The Labute approximate surface area is 87.8 Å². The highest BCUT2D eigenvalue weighted by Gasteiger charge is 2.11. The van der Waals surface area contributed by atoms with Crippen LogP contribution in [0.5, 0.6) is 0 Å². The van der Waals surface area contributed by atoms with Crippen LogP contribution in [0.2, 0.25) is 5.15 Å². The molecule has 0 bridgehead atoms. The number of amides is 1. The molecule has 0 aliphatic rings. The van der Waals surface area contributed by atoms with E-state index >= 15 is 0 Å². The molecule has 1 unspecified atom stereocenters. The van der Waals surface area contributed by atoms with Crippen molar-refractivity contribution in [3.63, 3.8) is 0 Å². The summed E-state index contributed by atoms with van der Waals surface area (Å²) < 4.78 is 0. The van der Waals surface area contributed by atoms with Crippen LogP contribution in [0.25, 0.3) is 0 Å². The van der Waals surface area contributed by atoms with E-state index in [0.29, 0.717) is 5.56 Å². The van der Waals surface area contributed by atoms with E-state index in [9.17, 15) is 4.79 Å². The van der Waals surface area contributed by atoms with E-state index in [1.54, 1.807) is 18.2 Å². The van der Waals surface area contributed by atoms with Crippen LogP contribution in [0.1, 0.15) is 17.3 Å². The molecule has 0 aliphatic heterocycles. The Morgan fingerprint density at radius 2 is 2.50 bits per heavy atom. The number of nitrogens with one attached hydrogen (secondary N) is 1. The minimum Gasteiger partial charge on any atom is -0.346 e. The third-order valence-electron chi connectivity index (χ3n) is 1.72. The van der Waals surface area contributed by atoms with Crippen LogP contribution >= 0.6 is 11.6 Å². The van der Waals surface area contributed by atoms with E-state index in [-0.39, 0.29) is 17.1 Å². The van der Waals surface area contributed by atoms with Crippen molar-refractivity contribution in [2.45, 2.75) is 13.0 Å². The molecule has 1 rings (SSSR count). The van der Waals surface area contributed by atoms with E-state index in [1.807, 2.05) is 6.92 Å². The molecule has 14 heavy (non-hydrogen) atoms. The van der Waals surface area contributed by atoms with Crippen molar-refractivity contribution in [3.05, 3.63) is 41.7 Å². The molecule has 0 radical (unpaired) electrons. The van der Waals surface area contributed by atoms with Gasteiger partial charge in [-0.2, -0.15) is 0 Å². The highest BCUT2D eigenvalue weighted by molar-refractivity contribution is 6.32. The first kappa shape index (κ1) is 10.7. The van der Waals surface area contributed by atoms with Gasteiger partial charge in [0.05, 0.1) is 5.56 Å². The molecular formula is C10H11ClN2O. The van der Waals surface area contributed by atoms with Crippen LogP contribution in [-0.4, -0.2) is 16.9 Å². The normalized spacial score (nSPS) is 11.9. The minimum atomic E-state index is -0.240. The molecule has 4 heteroatoms. The van der Waals surface area contributed by atoms with Gasteiger partial charge in [0, 0.05) is 12.2 Å². The van der Waals surface area contributed by atoms with Crippen molar-refractivity contribution in [2.75, 3.05) is 0 Å². The maximum atomic E-state index is 11.6. The summed E-state index contributed by atoms with van der Waals surface area (Å²) in [4.78, 5) is 15.4. The number of nitrogens with zero attached hydrogens (tertiary/aromatic N) is 1. The lowest BCUT2D eigenvalue weighted by atomic mass is 10.2. The van der Waals surface area contributed by atoms with Gasteiger partial charge in [-0.3, -0.25) is 4.79 Å². The predicted octanol–water partition coefficient (Wildman–Crippen LogP) is 2.04. The molecule has 0 fully saturated rings. The lowest BCUT2D eigenvalue weighted by Gasteiger charge is -2.09. The maximum absolute atomic E-state index is 11.6. The van der Waals surface area contributed by atoms with Gasteiger partial charge >= 0.3 is 0 Å². The SMILES string of the molecule is C=CC(C)NC(=O)c1cccnc1Cl. The van der Waals surface area contributed by atoms with Crippen molar-refractivity contribution in [3.8, 4) is 0 Å². The quantitative estimate of drug-likeness (QED) is 0.613. The van der Waals surface area contributed by atoms with Crippen molar-refractivity contribution in [2.24, 2.45) is 0 Å². The molecule has 0 aromatic carbocycles. The fourth-order valence-corrected chi connectivity index (χ4v) is 1.10. The van der Waals surface area contributed by atoms with Crippen LogP contribution in [0, 0.1) is 0 Å². The first-order valence-corrected chi connectivity index (χ1v) is 4.57. The Kier molecular flexibility index (Phi) is 3.65. The van der Waals surface area contributed by atoms with E-state index in [2.05, 4.69) is 16.9 Å². The van der Waals surface area contributed by atoms with Gasteiger partial charge in [-0.05, 0) is 19.1 Å². The van der Waals surface area contributed by atoms with E-state index in [4.69, 9.17) is 11.6 Å². The zero-order valence-electron chi connectivity index (χ0n) is 7.83. The summed E-state index contributed by atoms with van der Waals surface area (Å²) in [7, 11) is 0. The number of aromatic nitrogens is 1. The van der Waals surface area contributed by atoms with Gasteiger partial charge in [0.1, 0.15) is 5.15 Å². The van der Waals surface area contributed by atoms with Gasteiger partial charge < -0.3 is 5.32 Å². The Balaban J connectivity index is 2.80. The van der Waals surface area contributed by atoms with Crippen molar-refractivity contribution < 1.29 is 4.79 Å². The summed E-state index contributed by atoms with van der Waals surface area (Å²) >= 11 is 5.75. The second kappa shape index (κ2) is 4.77. The summed E-state index contributed by atoms with van der Waals surface area (Å²) in [6, 6.07) is 3.21. The first-order chi connectivity index (χ1) is 6.65. The van der Waals surface area contributed by atoms with Crippen molar-refractivity contribution in [1.82, 2.24) is 10.3 Å². The van der Waals surface area contributed by atoms with Crippen LogP contribution < -0.4 is 5.32 Å². The van der Waals surface area contributed by atoms with E-state index < -0.39 is 0 Å². The Hall–Kier alpha value is -1.35. The van der Waals surface area contributed by atoms with E-state index in [1.165, 1.54) is 6.20 Å². The number of hydrogen-bond donors (Lipinski definition) is 1. The van der Waals surface area contributed by atoms with E-state index in [0.717, 1.165) is 0 Å². The molecule has 1 aromatic rings. The summed E-state index contributed by atoms with van der Waals surface area (Å²) in [6.07, 6.45) is 3.18. The lowest BCUT2D eigenvalue weighted by Crippen LogP contribution is -2.31. The zero-order chi connectivity index (χ0) is 10.6. The smallest absolute Gasteiger partial charge is 0.254 e. The highest BCUT2D eigenvalue weighted by atomic mass is 35.5. The van der Waals surface area contributed by atoms with Crippen molar-refractivity contribution in [1.29, 1.82) is 0 Å². The fraction of sp³-hybridized carbons (Fsp3) is 0.200. The Morgan fingerprint density at radius 3 is 3.07 bits per heavy atom. The fourth-order valence-electron chi connectivity index (χ4n) is 0.899. The van der Waals surface area contributed by atoms with Crippen LogP contribution in [0.4, 0.5) is 0 Å². The first-order valence-electron chi connectivity index (χ1n) is 4.19. The third-order valence-corrected chi connectivity index (χ3v) is 2.02. The predicted molar refractivity (Wildman–Crippen MR) is 56.4 cm³/mol. The summed E-state index contributed by atoms with van der Waals surface area (Å²) in [5, 5.41) is 2.91. The molecule has 74 valence electrons. The molecule has 1 atom stereocenters. The number of pyridine rings is 1. The van der Waals surface area contributed by atoms with Crippen LogP contribution in [0.3, 0.4) is 0 Å². The second-order valence-corrected chi connectivity index (χ2v) is 3.20. The number of hydrogen-bond acceptors (Lipinski definition) is 2. The van der Waals surface area contributed by atoms with Crippen LogP contribution in [0.15, 0.2) is 31.0 Å². The summed E-state index contributed by atoms with van der Waals surface area (Å²) in [6.45, 7) is 5.39. The number of halogens is 1. The molecule has 1 aromatic heterocycles. The summed E-state index contributed by atoms with van der Waals surface area (Å²) in [5.74, 6) is -0.240. The molecule has 0 saturated heterocycles. The van der Waals surface area contributed by atoms with Crippen molar-refractivity contribution >= 4 is 17.5 Å². The van der Waals surface area contributed by atoms with Gasteiger partial charge in [0.25, 0.3) is 5.91 Å². The molecule has 1 N–H and O–H groups in total. The number of carbonyl (C=O) groups excluding carboxylic acids is 1. The second-order valence-electron chi connectivity index (χ2n) is 2.84. The largest absolute Gasteiger partial charge is 0.346 e. The highest BCUT2D eigenvalue weighted by Crippen LogP contribution is 2.11. The minimum absolute atomic E-state index is 0.0845. The lowest BCUT2D eigenvalue weighted by molar-refractivity contribution is 0.0947. The molecule has 0 aliphatic carbocycles. The molecule has 1 amide bonds. The molecule has 0 spiro atoms. The third kappa shape index (κ3) is 2.57. The molecule has 3 nitrogen and oxygen atoms in total. The molecule has 0 saturated carbocycles. The number of rotatable bonds is 3. The monoisotopic (exact) mass is 210 g/mol. The topological polar surface area (TPSA) is 42.0 Å². The standard InChI is InChI=1S/C10H11ClN2O/c1-3-7(2)13-10(14)8-5-4-6-12-9(8)11/h3-7H,1H2,2H3,(H,13,14). The average molecular weight is 211 g/mol. The van der Waals surface area contributed by atoms with Gasteiger partial charge in [0.2, 0.25) is 0 Å². The molecular weight excluding hydrogens is 200 g/mol. The molecule has 1 heterocycles. The van der Waals surface area contributed by atoms with Gasteiger partial charge in [-0.25, -0.2) is 4.98 Å². The number of carbonyl (C=O) groups is 1. The maximum Gasteiger partial charge on any atom is 0.254 e. The average Bonchev–Trinajstić information content (AvgIpc) is 2.18. The Morgan fingerprint density at radius 1 is 1.79 bits per heavy atom. The van der Waals surface area contributed by atoms with Crippen LogP contribution in [-0.2, 0) is 0 Å². The zero-order valence-corrected chi connectivity index (χ0v) is 8.58. The van der Waals surface area contributed by atoms with Gasteiger partial charge in [0.15, 0.2) is 0 Å². The Bertz CT molecular complexity index is 352. The van der Waals surface area contributed by atoms with Gasteiger partial charge in [-0.1, -0.05) is 17.7 Å². The van der Waals surface area contributed by atoms with Gasteiger partial charge in [-0.15, -0.1) is 6.58 Å².